The fourth-order valence-corrected chi connectivity index (χ4v) is 2.05. The fourth-order valence-electron chi connectivity index (χ4n) is 2.05. The van der Waals surface area contributed by atoms with Crippen molar-refractivity contribution >= 4 is 5.97 Å². The van der Waals surface area contributed by atoms with Gasteiger partial charge in [0.25, 0.3) is 0 Å². The molecule has 26 heavy (non-hydrogen) atoms. The lowest BCUT2D eigenvalue weighted by molar-refractivity contribution is -0.137. The second-order valence-electron chi connectivity index (χ2n) is 5.64. The van der Waals surface area contributed by atoms with Gasteiger partial charge in [-0.3, -0.25) is 0 Å². The van der Waals surface area contributed by atoms with E-state index in [4.69, 9.17) is 6.85 Å². The number of hydrogen-bond acceptors (Lipinski definition) is 2. The first-order valence-corrected chi connectivity index (χ1v) is 9.56. The molecule has 0 rings (SSSR count). The van der Waals surface area contributed by atoms with E-state index in [1.165, 1.54) is 51.0 Å². The van der Waals surface area contributed by atoms with Crippen LogP contribution >= 0.6 is 0 Å². The zero-order valence-corrected chi connectivity index (χ0v) is 16.2. The second-order valence-corrected chi connectivity index (χ2v) is 5.64. The Morgan fingerprint density at radius 2 is 1.38 bits per heavy atom. The lowest BCUT2D eigenvalue weighted by Gasteiger charge is -1.98. The number of carbonyl (C=O) groups excluding carboxylic acids is 1. The molecule has 0 bridgehead atoms. The summed E-state index contributed by atoms with van der Waals surface area (Å²) in [5.74, 6) is -1.02. The molecule has 0 atom stereocenters. The lowest BCUT2D eigenvalue weighted by Crippen LogP contribution is -1.98. The molecule has 0 aliphatic rings. The highest BCUT2D eigenvalue weighted by atomic mass is 16.5. The number of unbranched alkanes of at least 4 members (excludes halogenated alkanes) is 7. The quantitative estimate of drug-likeness (QED) is 0.135. The molecule has 0 aliphatic heterocycles. The molecule has 0 aromatic carbocycles. The highest BCUT2D eigenvalue weighted by molar-refractivity contribution is 5.82. The molecule has 0 radical (unpaired) electrons. The monoisotopic (exact) mass is 361 g/mol. The van der Waals surface area contributed by atoms with Crippen molar-refractivity contribution in [3.63, 3.8) is 0 Å². The molecule has 0 aromatic heterocycles. The Morgan fingerprint density at radius 3 is 2.12 bits per heavy atom. The number of rotatable bonds is 15. The smallest absolute Gasteiger partial charge is 0.330 e. The number of ether oxygens (including phenoxy) is 1. The lowest BCUT2D eigenvalue weighted by atomic mass is 10.1. The molecule has 0 aromatic rings. The first-order chi connectivity index (χ1) is 14.9. The zero-order chi connectivity index (χ0) is 23.5. The summed E-state index contributed by atoms with van der Waals surface area (Å²) in [5, 5.41) is 0. The molecule has 0 spiro atoms. The third kappa shape index (κ3) is 20.0. The van der Waals surface area contributed by atoms with Gasteiger partial charge >= 0.3 is 5.97 Å². The Kier molecular flexibility index (Phi) is 13.0. The van der Waals surface area contributed by atoms with Gasteiger partial charge in [-0.2, -0.15) is 0 Å². The summed E-state index contributed by atoms with van der Waals surface area (Å²) in [7, 11) is 0. The van der Waals surface area contributed by atoms with Gasteiger partial charge in [-0.05, 0) is 19.8 Å². The number of hydrogen-bond donors (Lipinski definition) is 0. The molecule has 2 nitrogen and oxygen atoms in total. The van der Waals surface area contributed by atoms with Crippen molar-refractivity contribution in [2.75, 3.05) is 6.61 Å². The topological polar surface area (TPSA) is 26.3 Å². The van der Waals surface area contributed by atoms with Crippen LogP contribution in [-0.2, 0) is 9.53 Å². The molecule has 0 unspecified atom stereocenters. The van der Waals surface area contributed by atoms with Crippen molar-refractivity contribution in [3.8, 4) is 0 Å². The van der Waals surface area contributed by atoms with Crippen molar-refractivity contribution in [1.82, 2.24) is 0 Å². The summed E-state index contributed by atoms with van der Waals surface area (Å²) in [6.45, 7) is 3.85. The van der Waals surface area contributed by atoms with E-state index in [1.807, 2.05) is 12.2 Å². The summed E-state index contributed by atoms with van der Waals surface area (Å²) in [6.07, 6.45) is 22.5. The fraction of sp³-hybridized carbons (Fsp3) is 0.458. The predicted molar refractivity (Wildman–Crippen MR) is 114 cm³/mol. The van der Waals surface area contributed by atoms with Gasteiger partial charge in [0.15, 0.2) is 0 Å². The molecular weight excluding hydrogens is 320 g/mol. The van der Waals surface area contributed by atoms with Crippen molar-refractivity contribution < 1.29 is 16.4 Å². The number of allylic oxidation sites excluding steroid dienone is 11. The van der Waals surface area contributed by atoms with Crippen molar-refractivity contribution in [1.29, 1.82) is 0 Å². The Balaban J connectivity index is 4.52. The van der Waals surface area contributed by atoms with Crippen LogP contribution in [0.2, 0.25) is 0 Å². The summed E-state index contributed by atoms with van der Waals surface area (Å²) >= 11 is 0. The summed E-state index contributed by atoms with van der Waals surface area (Å²) in [5.41, 5.74) is 0. The van der Waals surface area contributed by atoms with E-state index < -0.39 is 30.2 Å². The highest BCUT2D eigenvalue weighted by Crippen LogP contribution is 2.08. The standard InChI is InChI=1S/C24H36O2/c1-3-5-6-7-8-9-10-11-12-13-14-15-16-17-18-19-20-21-22-23-24(25)26-4-2/h12-23H,3-11H2,1-2H3/b13-12+,15-14+,17-16+,19-18+,21-20+,23-22+/i19D,20D,21D,22D,23D. The van der Waals surface area contributed by atoms with Gasteiger partial charge < -0.3 is 4.74 Å². The maximum Gasteiger partial charge on any atom is 0.330 e. The molecule has 2 heteroatoms. The van der Waals surface area contributed by atoms with E-state index in [0.717, 1.165) is 6.42 Å². The molecule has 0 fully saturated rings. The van der Waals surface area contributed by atoms with E-state index in [-0.39, 0.29) is 12.7 Å². The van der Waals surface area contributed by atoms with Crippen molar-refractivity contribution in [3.05, 3.63) is 72.8 Å². The predicted octanol–water partition coefficient (Wildman–Crippen LogP) is 7.03. The minimum absolute atomic E-state index is 0.0511. The first-order valence-electron chi connectivity index (χ1n) is 12.1. The molecule has 0 aliphatic carbocycles. The highest BCUT2D eigenvalue weighted by Gasteiger charge is 1.89. The third-order valence-electron chi connectivity index (χ3n) is 3.37. The van der Waals surface area contributed by atoms with Gasteiger partial charge in [0, 0.05) is 6.05 Å². The van der Waals surface area contributed by atoms with Gasteiger partial charge in [-0.1, -0.05) is 112 Å². The van der Waals surface area contributed by atoms with Crippen molar-refractivity contribution in [2.24, 2.45) is 0 Å². The minimum atomic E-state index is -1.02. The summed E-state index contributed by atoms with van der Waals surface area (Å²) in [6, 6.07) is -3.04. The first kappa shape index (κ1) is 16.1. The number of carbonyl (C=O) groups is 1. The summed E-state index contributed by atoms with van der Waals surface area (Å²) in [4.78, 5) is 11.5. The van der Waals surface area contributed by atoms with Crippen LogP contribution in [-0.4, -0.2) is 12.6 Å². The largest absolute Gasteiger partial charge is 0.463 e. The van der Waals surface area contributed by atoms with Crippen LogP contribution in [0.5, 0.6) is 0 Å². The molecule has 0 amide bonds. The molecular formula is C24H36O2. The van der Waals surface area contributed by atoms with Crippen LogP contribution in [0.4, 0.5) is 0 Å². The molecule has 0 N–H and O–H groups in total. The van der Waals surface area contributed by atoms with E-state index >= 15 is 0 Å². The normalized spacial score (nSPS) is 17.5. The Morgan fingerprint density at radius 1 is 0.769 bits per heavy atom. The Labute approximate surface area is 167 Å². The maximum absolute atomic E-state index is 11.5. The summed E-state index contributed by atoms with van der Waals surface area (Å²) < 4.78 is 43.2. The average molecular weight is 362 g/mol. The zero-order valence-electron chi connectivity index (χ0n) is 21.2. The SMILES string of the molecule is [2H]C(=C\C=C\C=C\C=C\CCCCCCCCC)/C([2H])=C([2H])/C([2H])=C(\[2H])C(=O)OCC. The van der Waals surface area contributed by atoms with Crippen LogP contribution in [0.15, 0.2) is 72.8 Å². The maximum atomic E-state index is 11.5. The molecule has 0 heterocycles. The second kappa shape index (κ2) is 21.0. The number of esters is 1. The van der Waals surface area contributed by atoms with E-state index in [2.05, 4.69) is 17.7 Å². The Hall–Kier alpha value is -2.09. The van der Waals surface area contributed by atoms with Crippen LogP contribution < -0.4 is 0 Å². The van der Waals surface area contributed by atoms with Crippen molar-refractivity contribution in [2.45, 2.75) is 65.2 Å². The average Bonchev–Trinajstić information content (AvgIpc) is 2.77. The Bertz CT molecular complexity index is 715. The molecule has 144 valence electrons. The molecule has 0 saturated carbocycles. The molecule has 0 saturated heterocycles. The third-order valence-corrected chi connectivity index (χ3v) is 3.37. The van der Waals surface area contributed by atoms with E-state index in [0.29, 0.717) is 0 Å². The van der Waals surface area contributed by atoms with Crippen LogP contribution in [0, 0.1) is 0 Å². The minimum Gasteiger partial charge on any atom is -0.463 e. The van der Waals surface area contributed by atoms with Gasteiger partial charge in [-0.15, -0.1) is 0 Å². The van der Waals surface area contributed by atoms with E-state index in [1.54, 1.807) is 25.2 Å². The van der Waals surface area contributed by atoms with Crippen LogP contribution in [0.1, 0.15) is 72.1 Å². The van der Waals surface area contributed by atoms with Gasteiger partial charge in [0.05, 0.1) is 13.5 Å². The van der Waals surface area contributed by atoms with Gasteiger partial charge in [-0.25, -0.2) is 4.79 Å². The van der Waals surface area contributed by atoms with Gasteiger partial charge in [0.1, 0.15) is 0 Å². The van der Waals surface area contributed by atoms with Crippen LogP contribution in [0.25, 0.3) is 0 Å². The van der Waals surface area contributed by atoms with Gasteiger partial charge in [0.2, 0.25) is 0 Å². The van der Waals surface area contributed by atoms with E-state index in [9.17, 15) is 4.79 Å². The van der Waals surface area contributed by atoms with Crippen LogP contribution in [0.3, 0.4) is 0 Å².